The van der Waals surface area contributed by atoms with E-state index in [2.05, 4.69) is 18.0 Å². The van der Waals surface area contributed by atoms with Crippen LogP contribution >= 0.6 is 11.8 Å². The van der Waals surface area contributed by atoms with Crippen LogP contribution in [-0.2, 0) is 9.54 Å². The number of benzene rings is 3. The molecular formula is C31H36N2O6S. The number of nitrogens with zero attached hydrogens (tertiary/aromatic N) is 2. The second-order valence-corrected chi connectivity index (χ2v) is 11.5. The van der Waals surface area contributed by atoms with E-state index in [0.717, 1.165) is 59.3 Å². The van der Waals surface area contributed by atoms with Crippen molar-refractivity contribution in [3.63, 3.8) is 0 Å². The Morgan fingerprint density at radius 1 is 0.950 bits per heavy atom. The number of fused-ring (bicyclic) bond motifs is 2. The Bertz CT molecular complexity index is 1350. The largest absolute Gasteiger partial charge is 0.497 e. The lowest BCUT2D eigenvalue weighted by Crippen LogP contribution is -2.44. The van der Waals surface area contributed by atoms with Crippen molar-refractivity contribution in [1.29, 1.82) is 0 Å². The molecule has 0 N–H and O–H groups in total. The Morgan fingerprint density at radius 2 is 1.75 bits per heavy atom. The van der Waals surface area contributed by atoms with E-state index in [9.17, 15) is 4.79 Å². The number of rotatable bonds is 12. The van der Waals surface area contributed by atoms with Crippen LogP contribution in [0.5, 0.6) is 28.7 Å². The Labute approximate surface area is 240 Å². The Kier molecular flexibility index (Phi) is 8.61. The fourth-order valence-electron chi connectivity index (χ4n) is 4.88. The summed E-state index contributed by atoms with van der Waals surface area (Å²) in [5.74, 6) is 3.68. The SMILES string of the molecule is COc1ccc(OCCCCN(C)CCOc2ccc3c(c2)OCO3)c([C@@]2(C)Sc3ccccc3N(C)C2=O)c1. The predicted molar refractivity (Wildman–Crippen MR) is 156 cm³/mol. The minimum absolute atomic E-state index is 0.0129. The van der Waals surface area contributed by atoms with Gasteiger partial charge in [0.2, 0.25) is 12.7 Å². The van der Waals surface area contributed by atoms with Gasteiger partial charge in [-0.15, -0.1) is 11.8 Å². The number of amides is 1. The lowest BCUT2D eigenvalue weighted by atomic mass is 9.96. The summed E-state index contributed by atoms with van der Waals surface area (Å²) in [5.41, 5.74) is 1.74. The summed E-state index contributed by atoms with van der Waals surface area (Å²) in [5, 5.41) is 0. The van der Waals surface area contributed by atoms with E-state index >= 15 is 0 Å². The number of hydrogen-bond acceptors (Lipinski definition) is 8. The van der Waals surface area contributed by atoms with Crippen molar-refractivity contribution in [1.82, 2.24) is 4.90 Å². The maximum atomic E-state index is 13.6. The molecule has 5 rings (SSSR count). The minimum Gasteiger partial charge on any atom is -0.497 e. The highest BCUT2D eigenvalue weighted by Gasteiger charge is 2.45. The third kappa shape index (κ3) is 5.95. The number of thioether (sulfide) groups is 1. The van der Waals surface area contributed by atoms with Crippen molar-refractivity contribution >= 4 is 23.4 Å². The highest BCUT2D eigenvalue weighted by molar-refractivity contribution is 8.01. The average Bonchev–Trinajstić information content (AvgIpc) is 3.44. The number of carbonyl (C=O) groups is 1. The molecule has 8 nitrogen and oxygen atoms in total. The number of ether oxygens (including phenoxy) is 5. The smallest absolute Gasteiger partial charge is 0.247 e. The summed E-state index contributed by atoms with van der Waals surface area (Å²) in [6, 6.07) is 19.3. The number of likely N-dealkylation sites (N-methyl/N-ethyl adjacent to an activating group) is 2. The molecule has 3 aromatic carbocycles. The molecule has 0 bridgehead atoms. The van der Waals surface area contributed by atoms with Gasteiger partial charge in [-0.05, 0) is 75.8 Å². The lowest BCUT2D eigenvalue weighted by molar-refractivity contribution is -0.120. The highest BCUT2D eigenvalue weighted by atomic mass is 32.2. The third-order valence-electron chi connectivity index (χ3n) is 7.23. The number of carbonyl (C=O) groups excluding carboxylic acids is 1. The molecule has 0 unspecified atom stereocenters. The van der Waals surface area contributed by atoms with Crippen LogP contribution in [0.3, 0.4) is 0 Å². The van der Waals surface area contributed by atoms with E-state index < -0.39 is 4.75 Å². The van der Waals surface area contributed by atoms with Gasteiger partial charge in [0, 0.05) is 30.1 Å². The van der Waals surface area contributed by atoms with Gasteiger partial charge in [0.05, 0.1) is 19.4 Å². The van der Waals surface area contributed by atoms with Crippen LogP contribution in [0.2, 0.25) is 0 Å². The average molecular weight is 565 g/mol. The molecule has 2 aliphatic heterocycles. The fraction of sp³-hybridized carbons (Fsp3) is 0.387. The van der Waals surface area contributed by atoms with Gasteiger partial charge in [-0.3, -0.25) is 4.79 Å². The van der Waals surface area contributed by atoms with Crippen LogP contribution in [0.15, 0.2) is 65.6 Å². The molecule has 9 heteroatoms. The Balaban J connectivity index is 1.13. The van der Waals surface area contributed by atoms with Crippen LogP contribution in [0.1, 0.15) is 25.3 Å². The van der Waals surface area contributed by atoms with Gasteiger partial charge in [0.25, 0.3) is 0 Å². The summed E-state index contributed by atoms with van der Waals surface area (Å²) in [6.45, 7) is 5.11. The topological polar surface area (TPSA) is 69.7 Å². The molecular weight excluding hydrogens is 528 g/mol. The monoisotopic (exact) mass is 564 g/mol. The summed E-state index contributed by atoms with van der Waals surface area (Å²) < 4.78 is 27.6. The maximum Gasteiger partial charge on any atom is 0.247 e. The Morgan fingerprint density at radius 3 is 2.60 bits per heavy atom. The van der Waals surface area contributed by atoms with Gasteiger partial charge in [-0.25, -0.2) is 0 Å². The highest BCUT2D eigenvalue weighted by Crippen LogP contribution is 2.52. The fourth-order valence-corrected chi connectivity index (χ4v) is 6.27. The molecule has 212 valence electrons. The zero-order chi connectivity index (χ0) is 28.1. The summed E-state index contributed by atoms with van der Waals surface area (Å²) >= 11 is 1.56. The van der Waals surface area contributed by atoms with E-state index in [4.69, 9.17) is 23.7 Å². The first-order chi connectivity index (χ1) is 19.4. The molecule has 40 heavy (non-hydrogen) atoms. The molecule has 0 aromatic heterocycles. The Hall–Kier alpha value is -3.56. The van der Waals surface area contributed by atoms with Gasteiger partial charge in [-0.1, -0.05) is 12.1 Å². The van der Waals surface area contributed by atoms with Crippen molar-refractivity contribution in [3.05, 3.63) is 66.2 Å². The molecule has 1 atom stereocenters. The molecule has 0 radical (unpaired) electrons. The van der Waals surface area contributed by atoms with E-state index in [1.165, 1.54) is 0 Å². The molecule has 3 aromatic rings. The molecule has 0 spiro atoms. The standard InChI is InChI=1S/C31H36N2O6S/c1-31(30(34)33(3)25-9-5-6-10-29(25)40-31)24-19-22(35-4)11-13-26(24)37-17-8-7-15-32(2)16-18-36-23-12-14-27-28(20-23)39-21-38-27/h5-6,9-14,19-20H,7-8,15-18,21H2,1-4H3/t31-/m1/s1. The van der Waals surface area contributed by atoms with Gasteiger partial charge in [-0.2, -0.15) is 0 Å². The van der Waals surface area contributed by atoms with Gasteiger partial charge in [0.1, 0.15) is 28.6 Å². The molecule has 1 amide bonds. The van der Waals surface area contributed by atoms with Gasteiger partial charge >= 0.3 is 0 Å². The molecule has 2 heterocycles. The second-order valence-electron chi connectivity index (χ2n) is 10.1. The van der Waals surface area contributed by atoms with E-state index in [1.807, 2.05) is 68.6 Å². The maximum absolute atomic E-state index is 13.6. The van der Waals surface area contributed by atoms with E-state index in [-0.39, 0.29) is 12.7 Å². The first-order valence-electron chi connectivity index (χ1n) is 13.5. The lowest BCUT2D eigenvalue weighted by Gasteiger charge is -2.39. The van der Waals surface area contributed by atoms with Crippen LogP contribution in [0.25, 0.3) is 0 Å². The summed E-state index contributed by atoms with van der Waals surface area (Å²) in [6.07, 6.45) is 1.87. The van der Waals surface area contributed by atoms with Crippen molar-refractivity contribution in [2.75, 3.05) is 59.2 Å². The van der Waals surface area contributed by atoms with Gasteiger partial charge < -0.3 is 33.5 Å². The van der Waals surface area contributed by atoms with Gasteiger partial charge in [0.15, 0.2) is 11.5 Å². The van der Waals surface area contributed by atoms with Crippen molar-refractivity contribution in [2.24, 2.45) is 0 Å². The molecule has 0 aliphatic carbocycles. The normalized spacial score (nSPS) is 17.6. The van der Waals surface area contributed by atoms with Crippen LogP contribution in [0.4, 0.5) is 5.69 Å². The van der Waals surface area contributed by atoms with Crippen LogP contribution < -0.4 is 28.6 Å². The van der Waals surface area contributed by atoms with Crippen molar-refractivity contribution < 1.29 is 28.5 Å². The first kappa shape index (κ1) is 28.0. The number of para-hydroxylation sites is 1. The molecule has 0 saturated heterocycles. The second kappa shape index (κ2) is 12.3. The molecule has 0 saturated carbocycles. The van der Waals surface area contributed by atoms with E-state index in [0.29, 0.717) is 24.7 Å². The molecule has 2 aliphatic rings. The zero-order valence-corrected chi connectivity index (χ0v) is 24.3. The first-order valence-corrected chi connectivity index (χ1v) is 14.3. The minimum atomic E-state index is -0.842. The van der Waals surface area contributed by atoms with Crippen LogP contribution in [-0.4, -0.2) is 65.1 Å². The third-order valence-corrected chi connectivity index (χ3v) is 8.60. The number of anilines is 1. The number of methoxy groups -OCH3 is 1. The van der Waals surface area contributed by atoms with Crippen LogP contribution in [0, 0.1) is 0 Å². The zero-order valence-electron chi connectivity index (χ0n) is 23.5. The van der Waals surface area contributed by atoms with Crippen molar-refractivity contribution in [2.45, 2.75) is 29.4 Å². The number of hydrogen-bond donors (Lipinski definition) is 0. The summed E-state index contributed by atoms with van der Waals surface area (Å²) in [4.78, 5) is 18.7. The van der Waals surface area contributed by atoms with E-state index in [1.54, 1.807) is 23.8 Å². The quantitative estimate of drug-likeness (QED) is 0.264. The molecule has 0 fully saturated rings. The number of unbranched alkanes of at least 4 members (excludes halogenated alkanes) is 1. The van der Waals surface area contributed by atoms with Crippen molar-refractivity contribution in [3.8, 4) is 28.7 Å². The predicted octanol–water partition coefficient (Wildman–Crippen LogP) is 5.58. The summed E-state index contributed by atoms with van der Waals surface area (Å²) in [7, 11) is 5.55.